The standard InChI is InChI=1S/C28H24N8/c1-2-7-36(6-1)17-18-8-20(13-30-11-18)24-10-22-27(16-32-24)34-35-28(22)25-9-21-23(14-31-15-26(21)33-25)19-4-3-5-29-12-19/h3-5,8-16,33H,1-2,6-7,17H2,(H,34,35). The first kappa shape index (κ1) is 20.9. The van der Waals surface area contributed by atoms with Crippen LogP contribution >= 0.6 is 0 Å². The fourth-order valence-corrected chi connectivity index (χ4v) is 5.12. The number of aromatic amines is 2. The van der Waals surface area contributed by atoms with Crippen LogP contribution < -0.4 is 0 Å². The number of hydrogen-bond acceptors (Lipinski definition) is 6. The average Bonchev–Trinajstić information content (AvgIpc) is 3.68. The van der Waals surface area contributed by atoms with Gasteiger partial charge in [-0.2, -0.15) is 5.10 Å². The summed E-state index contributed by atoms with van der Waals surface area (Å²) >= 11 is 0. The number of rotatable bonds is 5. The smallest absolute Gasteiger partial charge is 0.116 e. The maximum Gasteiger partial charge on any atom is 0.116 e. The summed E-state index contributed by atoms with van der Waals surface area (Å²) in [6.07, 6.45) is 15.6. The van der Waals surface area contributed by atoms with E-state index in [1.807, 2.05) is 49.3 Å². The van der Waals surface area contributed by atoms with Crippen molar-refractivity contribution in [2.24, 2.45) is 0 Å². The number of hydrogen-bond donors (Lipinski definition) is 2. The lowest BCUT2D eigenvalue weighted by Gasteiger charge is -2.14. The van der Waals surface area contributed by atoms with Crippen molar-refractivity contribution in [1.82, 2.24) is 40.0 Å². The Kier molecular flexibility index (Phi) is 5.03. The predicted molar refractivity (Wildman–Crippen MR) is 140 cm³/mol. The van der Waals surface area contributed by atoms with E-state index in [4.69, 9.17) is 4.98 Å². The first-order valence-electron chi connectivity index (χ1n) is 12.2. The molecule has 0 aliphatic carbocycles. The molecule has 6 aromatic heterocycles. The average molecular weight is 473 g/mol. The topological polar surface area (TPSA) is 99.3 Å². The molecule has 7 heterocycles. The van der Waals surface area contributed by atoms with Crippen LogP contribution in [-0.4, -0.2) is 53.1 Å². The highest BCUT2D eigenvalue weighted by molar-refractivity contribution is 6.00. The van der Waals surface area contributed by atoms with Gasteiger partial charge < -0.3 is 4.98 Å². The number of pyridine rings is 4. The highest BCUT2D eigenvalue weighted by atomic mass is 15.1. The normalized spacial score (nSPS) is 14.2. The van der Waals surface area contributed by atoms with Crippen LogP contribution in [0.3, 0.4) is 0 Å². The molecule has 1 saturated heterocycles. The fraction of sp³-hybridized carbons (Fsp3) is 0.179. The molecule has 1 aliphatic rings. The molecule has 1 aliphatic heterocycles. The molecular formula is C28H24N8. The zero-order chi connectivity index (χ0) is 23.9. The van der Waals surface area contributed by atoms with Crippen molar-refractivity contribution >= 4 is 21.8 Å². The van der Waals surface area contributed by atoms with Crippen molar-refractivity contribution in [3.05, 3.63) is 79.3 Å². The molecule has 1 fully saturated rings. The molecule has 0 atom stereocenters. The van der Waals surface area contributed by atoms with E-state index in [1.54, 1.807) is 6.20 Å². The van der Waals surface area contributed by atoms with E-state index in [0.29, 0.717) is 0 Å². The summed E-state index contributed by atoms with van der Waals surface area (Å²) in [6.45, 7) is 3.26. The van der Waals surface area contributed by atoms with Crippen molar-refractivity contribution in [2.45, 2.75) is 19.4 Å². The Morgan fingerprint density at radius 2 is 1.69 bits per heavy atom. The van der Waals surface area contributed by atoms with E-state index in [2.05, 4.69) is 53.2 Å². The molecular weight excluding hydrogens is 448 g/mol. The summed E-state index contributed by atoms with van der Waals surface area (Å²) in [6, 6.07) is 10.4. The van der Waals surface area contributed by atoms with E-state index in [9.17, 15) is 0 Å². The van der Waals surface area contributed by atoms with Crippen LogP contribution in [0.4, 0.5) is 0 Å². The van der Waals surface area contributed by atoms with Crippen LogP contribution in [0.2, 0.25) is 0 Å². The van der Waals surface area contributed by atoms with Gasteiger partial charge >= 0.3 is 0 Å². The van der Waals surface area contributed by atoms with E-state index in [-0.39, 0.29) is 0 Å². The Hall–Kier alpha value is -4.43. The highest BCUT2D eigenvalue weighted by Gasteiger charge is 2.16. The van der Waals surface area contributed by atoms with Gasteiger partial charge in [0.1, 0.15) is 5.69 Å². The Morgan fingerprint density at radius 1 is 0.806 bits per heavy atom. The summed E-state index contributed by atoms with van der Waals surface area (Å²) in [5.41, 5.74) is 8.79. The Morgan fingerprint density at radius 3 is 2.58 bits per heavy atom. The van der Waals surface area contributed by atoms with Gasteiger partial charge in [0.05, 0.1) is 34.8 Å². The van der Waals surface area contributed by atoms with Crippen LogP contribution in [0.25, 0.3) is 55.6 Å². The Balaban J connectivity index is 1.28. The molecule has 2 N–H and O–H groups in total. The molecule has 8 heteroatoms. The lowest BCUT2D eigenvalue weighted by atomic mass is 10.1. The maximum atomic E-state index is 4.70. The molecule has 0 saturated carbocycles. The largest absolute Gasteiger partial charge is 0.352 e. The fourth-order valence-electron chi connectivity index (χ4n) is 5.12. The van der Waals surface area contributed by atoms with E-state index in [1.165, 1.54) is 18.4 Å². The van der Waals surface area contributed by atoms with Crippen LogP contribution in [0.15, 0.2) is 73.7 Å². The molecule has 6 aromatic rings. The molecule has 176 valence electrons. The summed E-state index contributed by atoms with van der Waals surface area (Å²) in [7, 11) is 0. The predicted octanol–water partition coefficient (Wildman–Crippen LogP) is 5.22. The molecule has 0 amide bonds. The van der Waals surface area contributed by atoms with E-state index >= 15 is 0 Å². The lowest BCUT2D eigenvalue weighted by Crippen LogP contribution is -2.18. The molecule has 0 bridgehead atoms. The first-order chi connectivity index (χ1) is 17.8. The van der Waals surface area contributed by atoms with Gasteiger partial charge in [0.25, 0.3) is 0 Å². The lowest BCUT2D eigenvalue weighted by molar-refractivity contribution is 0.331. The molecule has 7 rings (SSSR count). The van der Waals surface area contributed by atoms with Crippen LogP contribution in [0.1, 0.15) is 18.4 Å². The van der Waals surface area contributed by atoms with Crippen LogP contribution in [0.5, 0.6) is 0 Å². The summed E-state index contributed by atoms with van der Waals surface area (Å²) < 4.78 is 0. The van der Waals surface area contributed by atoms with Gasteiger partial charge in [-0.15, -0.1) is 0 Å². The third-order valence-corrected chi connectivity index (χ3v) is 6.92. The van der Waals surface area contributed by atoms with Gasteiger partial charge in [-0.25, -0.2) is 0 Å². The van der Waals surface area contributed by atoms with Gasteiger partial charge in [0.15, 0.2) is 0 Å². The van der Waals surface area contributed by atoms with Crippen molar-refractivity contribution in [3.63, 3.8) is 0 Å². The minimum atomic E-state index is 0.850. The monoisotopic (exact) mass is 472 g/mol. The highest BCUT2D eigenvalue weighted by Crippen LogP contribution is 2.34. The molecule has 0 unspecified atom stereocenters. The Bertz CT molecular complexity index is 1680. The quantitative estimate of drug-likeness (QED) is 0.357. The molecule has 0 spiro atoms. The van der Waals surface area contributed by atoms with Gasteiger partial charge in [-0.1, -0.05) is 6.07 Å². The zero-order valence-electron chi connectivity index (χ0n) is 19.6. The van der Waals surface area contributed by atoms with Crippen molar-refractivity contribution in [1.29, 1.82) is 0 Å². The third kappa shape index (κ3) is 3.72. The van der Waals surface area contributed by atoms with E-state index < -0.39 is 0 Å². The van der Waals surface area contributed by atoms with Crippen molar-refractivity contribution < 1.29 is 0 Å². The van der Waals surface area contributed by atoms with Gasteiger partial charge in [0.2, 0.25) is 0 Å². The van der Waals surface area contributed by atoms with Gasteiger partial charge in [-0.05, 0) is 55.8 Å². The van der Waals surface area contributed by atoms with Gasteiger partial charge in [-0.3, -0.25) is 29.9 Å². The second-order valence-electron chi connectivity index (χ2n) is 9.33. The second-order valence-corrected chi connectivity index (χ2v) is 9.33. The number of likely N-dealkylation sites (tertiary alicyclic amines) is 1. The number of H-pyrrole nitrogens is 2. The minimum Gasteiger partial charge on any atom is -0.352 e. The SMILES string of the molecule is c1cncc(-c2cncc3[nH]c(-c4n[nH]c5cnc(-c6cncc(CN7CCCC7)c6)cc45)cc23)c1. The summed E-state index contributed by atoms with van der Waals surface area (Å²) in [5, 5.41) is 9.86. The number of nitrogens with one attached hydrogen (secondary N) is 2. The summed E-state index contributed by atoms with van der Waals surface area (Å²) in [5.74, 6) is 0. The second kappa shape index (κ2) is 8.66. The molecule has 0 radical (unpaired) electrons. The maximum absolute atomic E-state index is 4.70. The first-order valence-corrected chi connectivity index (χ1v) is 12.2. The van der Waals surface area contributed by atoms with Crippen molar-refractivity contribution in [3.8, 4) is 33.8 Å². The van der Waals surface area contributed by atoms with E-state index in [0.717, 1.165) is 75.2 Å². The van der Waals surface area contributed by atoms with Gasteiger partial charge in [0, 0.05) is 65.0 Å². The zero-order valence-corrected chi connectivity index (χ0v) is 19.6. The minimum absolute atomic E-state index is 0.850. The number of aromatic nitrogens is 7. The van der Waals surface area contributed by atoms with Crippen molar-refractivity contribution in [2.75, 3.05) is 13.1 Å². The Labute approximate surface area is 207 Å². The number of fused-ring (bicyclic) bond motifs is 2. The van der Waals surface area contributed by atoms with Crippen LogP contribution in [-0.2, 0) is 6.54 Å². The molecule has 36 heavy (non-hydrogen) atoms. The van der Waals surface area contributed by atoms with Crippen LogP contribution in [0, 0.1) is 0 Å². The molecule has 0 aromatic carbocycles. The molecule has 8 nitrogen and oxygen atoms in total. The summed E-state index contributed by atoms with van der Waals surface area (Å²) in [4.78, 5) is 23.9. The number of nitrogens with zero attached hydrogens (tertiary/aromatic N) is 6. The third-order valence-electron chi connectivity index (χ3n) is 6.92.